The minimum Gasteiger partial charge on any atom is -0.369 e. The van der Waals surface area contributed by atoms with Gasteiger partial charge in [-0.05, 0) is 36.6 Å². The van der Waals surface area contributed by atoms with Gasteiger partial charge in [0.1, 0.15) is 22.8 Å². The van der Waals surface area contributed by atoms with Gasteiger partial charge in [-0.3, -0.25) is 4.79 Å². The fourth-order valence-corrected chi connectivity index (χ4v) is 4.52. The van der Waals surface area contributed by atoms with Gasteiger partial charge in [-0.15, -0.1) is 11.3 Å². The minimum atomic E-state index is -0.256. The molecule has 0 aliphatic carbocycles. The van der Waals surface area contributed by atoms with E-state index in [0.717, 1.165) is 32.7 Å². The Kier molecular flexibility index (Phi) is 6.52. The largest absolute Gasteiger partial charge is 0.369 e. The predicted molar refractivity (Wildman–Crippen MR) is 124 cm³/mol. The maximum atomic E-state index is 13.0. The fraction of sp³-hybridized carbons (Fsp3) is 0.208. The van der Waals surface area contributed by atoms with Gasteiger partial charge in [0.15, 0.2) is 0 Å². The maximum absolute atomic E-state index is 13.0. The summed E-state index contributed by atoms with van der Waals surface area (Å²) in [6.45, 7) is 3.08. The van der Waals surface area contributed by atoms with Crippen molar-refractivity contribution in [2.45, 2.75) is 19.8 Å². The van der Waals surface area contributed by atoms with Crippen LogP contribution in [-0.4, -0.2) is 29.0 Å². The molecule has 4 aromatic rings. The van der Waals surface area contributed by atoms with Crippen molar-refractivity contribution in [3.8, 4) is 11.1 Å². The van der Waals surface area contributed by atoms with Crippen molar-refractivity contribution in [3.05, 3.63) is 77.2 Å². The molecular formula is C24H23FN4OS. The molecule has 5 nitrogen and oxygen atoms in total. The van der Waals surface area contributed by atoms with Crippen LogP contribution in [0.2, 0.25) is 0 Å². The summed E-state index contributed by atoms with van der Waals surface area (Å²) in [5, 5.41) is 7.21. The lowest BCUT2D eigenvalue weighted by atomic mass is 10.0. The summed E-state index contributed by atoms with van der Waals surface area (Å²) in [5.41, 5.74) is 3.25. The van der Waals surface area contributed by atoms with Crippen molar-refractivity contribution in [1.82, 2.24) is 15.3 Å². The molecule has 0 radical (unpaired) electrons. The zero-order valence-electron chi connectivity index (χ0n) is 17.2. The highest BCUT2D eigenvalue weighted by Crippen LogP contribution is 2.40. The third-order valence-electron chi connectivity index (χ3n) is 5.02. The zero-order valence-corrected chi connectivity index (χ0v) is 18.0. The number of rotatable bonds is 8. The number of hydrogen-bond acceptors (Lipinski definition) is 5. The van der Waals surface area contributed by atoms with E-state index in [1.54, 1.807) is 29.8 Å². The van der Waals surface area contributed by atoms with Crippen LogP contribution in [0.15, 0.2) is 60.9 Å². The van der Waals surface area contributed by atoms with Crippen LogP contribution in [0.25, 0.3) is 21.3 Å². The third-order valence-corrected chi connectivity index (χ3v) is 6.03. The van der Waals surface area contributed by atoms with E-state index in [1.807, 2.05) is 18.2 Å². The molecule has 2 aromatic carbocycles. The summed E-state index contributed by atoms with van der Waals surface area (Å²) in [5.74, 6) is 0.450. The maximum Gasteiger partial charge on any atom is 0.221 e. The molecule has 0 aliphatic rings. The van der Waals surface area contributed by atoms with E-state index in [-0.39, 0.29) is 11.7 Å². The van der Waals surface area contributed by atoms with E-state index in [4.69, 9.17) is 0 Å². The molecule has 0 bridgehead atoms. The Morgan fingerprint density at radius 2 is 1.81 bits per heavy atom. The molecule has 4 rings (SSSR count). The number of carbonyl (C=O) groups excluding carboxylic acids is 1. The average molecular weight is 435 g/mol. The number of hydrogen-bond donors (Lipinski definition) is 2. The monoisotopic (exact) mass is 434 g/mol. The standard InChI is InChI=1S/C24H23FN4OS/c1-16-21(18-5-3-2-4-6-18)22-23(28-15-29-24(22)31-16)27-14-12-20(30)26-13-11-17-7-9-19(25)10-8-17/h2-10,15H,11-14H2,1H3,(H,26,30)(H,27,28,29). The van der Waals surface area contributed by atoms with Crippen LogP contribution < -0.4 is 10.6 Å². The Morgan fingerprint density at radius 3 is 2.58 bits per heavy atom. The quantitative estimate of drug-likeness (QED) is 0.411. The molecule has 0 fully saturated rings. The number of aromatic nitrogens is 2. The van der Waals surface area contributed by atoms with E-state index in [9.17, 15) is 9.18 Å². The number of amides is 1. The van der Waals surface area contributed by atoms with Crippen LogP contribution in [-0.2, 0) is 11.2 Å². The summed E-state index contributed by atoms with van der Waals surface area (Å²) >= 11 is 1.64. The minimum absolute atomic E-state index is 0.0373. The van der Waals surface area contributed by atoms with Crippen molar-refractivity contribution in [2.24, 2.45) is 0 Å². The number of benzene rings is 2. The van der Waals surface area contributed by atoms with Crippen LogP contribution in [0.3, 0.4) is 0 Å². The Hall–Kier alpha value is -3.32. The van der Waals surface area contributed by atoms with Crippen LogP contribution >= 0.6 is 11.3 Å². The van der Waals surface area contributed by atoms with Gasteiger partial charge in [-0.1, -0.05) is 42.5 Å². The number of nitrogens with zero attached hydrogens (tertiary/aromatic N) is 2. The molecule has 2 heterocycles. The van der Waals surface area contributed by atoms with Crippen LogP contribution in [0.4, 0.5) is 10.2 Å². The number of aryl methyl sites for hydroxylation is 1. The Labute approximate surface area is 184 Å². The van der Waals surface area contributed by atoms with Crippen LogP contribution in [0.5, 0.6) is 0 Å². The van der Waals surface area contributed by atoms with Gasteiger partial charge in [-0.2, -0.15) is 0 Å². The number of fused-ring (bicyclic) bond motifs is 1. The van der Waals surface area contributed by atoms with Crippen molar-refractivity contribution >= 4 is 33.3 Å². The smallest absolute Gasteiger partial charge is 0.221 e. The number of nitrogens with one attached hydrogen (secondary N) is 2. The Morgan fingerprint density at radius 1 is 1.03 bits per heavy atom. The summed E-state index contributed by atoms with van der Waals surface area (Å²) in [6, 6.07) is 16.5. The van der Waals surface area contributed by atoms with E-state index < -0.39 is 0 Å². The molecule has 0 unspecified atom stereocenters. The third kappa shape index (κ3) is 5.06. The zero-order chi connectivity index (χ0) is 21.6. The highest BCUT2D eigenvalue weighted by molar-refractivity contribution is 7.19. The van der Waals surface area contributed by atoms with Crippen molar-refractivity contribution < 1.29 is 9.18 Å². The molecule has 2 aromatic heterocycles. The number of anilines is 1. The molecule has 0 atom stereocenters. The normalized spacial score (nSPS) is 10.9. The van der Waals surface area contributed by atoms with Gasteiger partial charge < -0.3 is 10.6 Å². The molecule has 0 spiro atoms. The molecule has 2 N–H and O–H groups in total. The predicted octanol–water partition coefficient (Wildman–Crippen LogP) is 4.97. The first-order valence-electron chi connectivity index (χ1n) is 10.2. The van der Waals surface area contributed by atoms with Gasteiger partial charge in [0.2, 0.25) is 5.91 Å². The highest BCUT2D eigenvalue weighted by Gasteiger charge is 2.16. The second-order valence-corrected chi connectivity index (χ2v) is 8.41. The Bertz CT molecular complexity index is 1180. The van der Waals surface area contributed by atoms with Gasteiger partial charge in [-0.25, -0.2) is 14.4 Å². The van der Waals surface area contributed by atoms with Gasteiger partial charge in [0, 0.05) is 30.0 Å². The van der Waals surface area contributed by atoms with Crippen molar-refractivity contribution in [3.63, 3.8) is 0 Å². The SMILES string of the molecule is Cc1sc2ncnc(NCCC(=O)NCCc3ccc(F)cc3)c2c1-c1ccccc1. The van der Waals surface area contributed by atoms with E-state index in [0.29, 0.717) is 25.9 Å². The van der Waals surface area contributed by atoms with Gasteiger partial charge in [0.25, 0.3) is 0 Å². The first-order chi connectivity index (χ1) is 15.1. The summed E-state index contributed by atoms with van der Waals surface area (Å²) in [7, 11) is 0. The molecule has 0 saturated heterocycles. The number of thiophene rings is 1. The molecule has 0 saturated carbocycles. The van der Waals surface area contributed by atoms with E-state index in [2.05, 4.69) is 39.7 Å². The Balaban J connectivity index is 1.37. The topological polar surface area (TPSA) is 66.9 Å². The highest BCUT2D eigenvalue weighted by atomic mass is 32.1. The van der Waals surface area contributed by atoms with E-state index >= 15 is 0 Å². The van der Waals surface area contributed by atoms with E-state index in [1.165, 1.54) is 17.0 Å². The summed E-state index contributed by atoms with van der Waals surface area (Å²) < 4.78 is 13.0. The first kappa shape index (κ1) is 20.9. The second-order valence-electron chi connectivity index (χ2n) is 7.20. The molecule has 1 amide bonds. The lowest BCUT2D eigenvalue weighted by molar-refractivity contribution is -0.120. The van der Waals surface area contributed by atoms with Crippen LogP contribution in [0.1, 0.15) is 16.9 Å². The molecule has 31 heavy (non-hydrogen) atoms. The summed E-state index contributed by atoms with van der Waals surface area (Å²) in [6.07, 6.45) is 2.55. The molecule has 158 valence electrons. The lowest BCUT2D eigenvalue weighted by Crippen LogP contribution is -2.27. The second kappa shape index (κ2) is 9.66. The van der Waals surface area contributed by atoms with Crippen LogP contribution in [0, 0.1) is 12.7 Å². The van der Waals surface area contributed by atoms with Crippen molar-refractivity contribution in [1.29, 1.82) is 0 Å². The molecule has 7 heteroatoms. The molecular weight excluding hydrogens is 411 g/mol. The van der Waals surface area contributed by atoms with Crippen molar-refractivity contribution in [2.75, 3.05) is 18.4 Å². The summed E-state index contributed by atoms with van der Waals surface area (Å²) in [4.78, 5) is 23.2. The molecule has 0 aliphatic heterocycles. The number of carbonyl (C=O) groups is 1. The lowest BCUT2D eigenvalue weighted by Gasteiger charge is -2.09. The fourth-order valence-electron chi connectivity index (χ4n) is 3.51. The number of halogens is 1. The van der Waals surface area contributed by atoms with Gasteiger partial charge in [0.05, 0.1) is 5.39 Å². The first-order valence-corrected chi connectivity index (χ1v) is 11.0. The van der Waals surface area contributed by atoms with Gasteiger partial charge >= 0.3 is 0 Å². The average Bonchev–Trinajstić information content (AvgIpc) is 3.12.